The summed E-state index contributed by atoms with van der Waals surface area (Å²) in [5.41, 5.74) is 3.85. The predicted molar refractivity (Wildman–Crippen MR) is 105 cm³/mol. The smallest absolute Gasteiger partial charge is 0.256 e. The number of nitrogens with one attached hydrogen (secondary N) is 1. The highest BCUT2D eigenvalue weighted by Crippen LogP contribution is 2.19. The Kier molecular flexibility index (Phi) is 4.74. The Balaban J connectivity index is 1.42. The molecule has 0 fully saturated rings. The first kappa shape index (κ1) is 16.7. The van der Waals surface area contributed by atoms with Gasteiger partial charge in [-0.1, -0.05) is 48.5 Å². The van der Waals surface area contributed by atoms with Gasteiger partial charge in [0, 0.05) is 30.2 Å². The van der Waals surface area contributed by atoms with Gasteiger partial charge >= 0.3 is 0 Å². The van der Waals surface area contributed by atoms with Crippen molar-refractivity contribution in [2.75, 3.05) is 5.32 Å². The van der Waals surface area contributed by atoms with Crippen molar-refractivity contribution in [1.29, 1.82) is 0 Å². The Morgan fingerprint density at radius 3 is 2.41 bits per heavy atom. The van der Waals surface area contributed by atoms with Crippen LogP contribution in [-0.4, -0.2) is 20.7 Å². The van der Waals surface area contributed by atoms with Crippen molar-refractivity contribution in [2.45, 2.75) is 6.54 Å². The second-order valence-electron chi connectivity index (χ2n) is 6.16. The van der Waals surface area contributed by atoms with Gasteiger partial charge in [0.05, 0.1) is 6.54 Å². The predicted octanol–water partition coefficient (Wildman–Crippen LogP) is 4.25. The highest BCUT2D eigenvalue weighted by atomic mass is 16.1. The zero-order valence-electron chi connectivity index (χ0n) is 14.6. The molecule has 0 aliphatic rings. The van der Waals surface area contributed by atoms with E-state index in [0.717, 1.165) is 16.7 Å². The summed E-state index contributed by atoms with van der Waals surface area (Å²) in [6.07, 6.45) is 5.37. The van der Waals surface area contributed by atoms with E-state index in [2.05, 4.69) is 15.4 Å². The molecule has 0 spiro atoms. The van der Waals surface area contributed by atoms with E-state index in [0.29, 0.717) is 17.9 Å². The Hall–Kier alpha value is -3.73. The molecule has 0 bridgehead atoms. The average molecular weight is 354 g/mol. The van der Waals surface area contributed by atoms with Crippen LogP contribution >= 0.6 is 0 Å². The summed E-state index contributed by atoms with van der Waals surface area (Å²) in [6, 6.07) is 23.3. The number of rotatable bonds is 5. The quantitative estimate of drug-likeness (QED) is 0.583. The zero-order chi connectivity index (χ0) is 18.5. The van der Waals surface area contributed by atoms with E-state index in [1.165, 1.54) is 0 Å². The van der Waals surface area contributed by atoms with Gasteiger partial charge in [-0.3, -0.25) is 14.5 Å². The number of carbonyl (C=O) groups is 1. The molecule has 0 radical (unpaired) electrons. The van der Waals surface area contributed by atoms with Crippen LogP contribution in [0.3, 0.4) is 0 Å². The van der Waals surface area contributed by atoms with Crippen LogP contribution in [0.1, 0.15) is 15.9 Å². The van der Waals surface area contributed by atoms with Crippen LogP contribution in [-0.2, 0) is 6.54 Å². The Bertz CT molecular complexity index is 1020. The lowest BCUT2D eigenvalue weighted by molar-refractivity contribution is 0.102. The van der Waals surface area contributed by atoms with E-state index in [9.17, 15) is 4.79 Å². The normalized spacial score (nSPS) is 10.5. The lowest BCUT2D eigenvalue weighted by Crippen LogP contribution is -2.12. The molecule has 5 heteroatoms. The molecule has 2 aromatic carbocycles. The fraction of sp³-hybridized carbons (Fsp3) is 0.0455. The summed E-state index contributed by atoms with van der Waals surface area (Å²) >= 11 is 0. The molecule has 4 aromatic rings. The molecule has 0 atom stereocenters. The van der Waals surface area contributed by atoms with Crippen molar-refractivity contribution in [1.82, 2.24) is 14.8 Å². The monoisotopic (exact) mass is 354 g/mol. The van der Waals surface area contributed by atoms with Gasteiger partial charge in [0.2, 0.25) is 0 Å². The second-order valence-corrected chi connectivity index (χ2v) is 6.16. The minimum Gasteiger partial charge on any atom is -0.305 e. The average Bonchev–Trinajstić information content (AvgIpc) is 3.16. The van der Waals surface area contributed by atoms with Crippen LogP contribution in [0.5, 0.6) is 0 Å². The Labute approximate surface area is 157 Å². The molecule has 5 nitrogen and oxygen atoms in total. The summed E-state index contributed by atoms with van der Waals surface area (Å²) in [6.45, 7) is 0.607. The molecule has 0 saturated carbocycles. The molecule has 2 heterocycles. The first-order valence-electron chi connectivity index (χ1n) is 8.67. The van der Waals surface area contributed by atoms with Gasteiger partial charge in [0.1, 0.15) is 0 Å². The van der Waals surface area contributed by atoms with E-state index in [4.69, 9.17) is 0 Å². The van der Waals surface area contributed by atoms with Gasteiger partial charge in [-0.05, 0) is 34.9 Å². The minimum atomic E-state index is -0.179. The third-order valence-corrected chi connectivity index (χ3v) is 4.20. The maximum absolute atomic E-state index is 12.5. The van der Waals surface area contributed by atoms with Crippen LogP contribution in [0.25, 0.3) is 11.1 Å². The molecule has 0 unspecified atom stereocenters. The fourth-order valence-electron chi connectivity index (χ4n) is 2.83. The minimum absolute atomic E-state index is 0.179. The van der Waals surface area contributed by atoms with Gasteiger partial charge in [-0.2, -0.15) is 5.10 Å². The lowest BCUT2D eigenvalue weighted by atomic mass is 10.0. The number of aromatic nitrogens is 3. The maximum atomic E-state index is 12.5. The number of anilines is 1. The van der Waals surface area contributed by atoms with Gasteiger partial charge in [0.25, 0.3) is 5.91 Å². The number of carbonyl (C=O) groups excluding carboxylic acids is 1. The third kappa shape index (κ3) is 4.10. The highest BCUT2D eigenvalue weighted by Gasteiger charge is 2.09. The van der Waals surface area contributed by atoms with Gasteiger partial charge in [0.15, 0.2) is 5.82 Å². The number of amides is 1. The maximum Gasteiger partial charge on any atom is 0.256 e. The lowest BCUT2D eigenvalue weighted by Gasteiger charge is -2.05. The van der Waals surface area contributed by atoms with Crippen LogP contribution in [0.15, 0.2) is 91.4 Å². The molecule has 2 aromatic heterocycles. The molecule has 1 amide bonds. The van der Waals surface area contributed by atoms with Crippen molar-refractivity contribution in [3.63, 3.8) is 0 Å². The van der Waals surface area contributed by atoms with Crippen LogP contribution < -0.4 is 5.32 Å². The molecular formula is C22H18N4O. The number of hydrogen-bond donors (Lipinski definition) is 1. The van der Waals surface area contributed by atoms with E-state index >= 15 is 0 Å². The van der Waals surface area contributed by atoms with Gasteiger partial charge in [-0.15, -0.1) is 0 Å². The van der Waals surface area contributed by atoms with Gasteiger partial charge < -0.3 is 5.32 Å². The number of hydrogen-bond acceptors (Lipinski definition) is 3. The molecule has 27 heavy (non-hydrogen) atoms. The highest BCUT2D eigenvalue weighted by molar-refractivity contribution is 6.03. The van der Waals surface area contributed by atoms with Crippen molar-refractivity contribution in [3.8, 4) is 11.1 Å². The molecular weight excluding hydrogens is 336 g/mol. The standard InChI is InChI=1S/C22H18N4O/c27-22(20-10-8-19(9-11-20)18-6-2-1-3-7-18)24-21-12-14-26(25-21)16-17-5-4-13-23-15-17/h1-15H,16H2,(H,24,25,27). The fourth-order valence-corrected chi connectivity index (χ4v) is 2.83. The van der Waals surface area contributed by atoms with Gasteiger partial charge in [-0.25, -0.2) is 0 Å². The molecule has 4 rings (SSSR count). The molecule has 0 aliphatic carbocycles. The first-order chi connectivity index (χ1) is 13.3. The SMILES string of the molecule is O=C(Nc1ccn(Cc2cccnc2)n1)c1ccc(-c2ccccc2)cc1. The van der Waals surface area contributed by atoms with E-state index < -0.39 is 0 Å². The van der Waals surface area contributed by atoms with Crippen molar-refractivity contribution >= 4 is 11.7 Å². The number of pyridine rings is 1. The first-order valence-corrected chi connectivity index (χ1v) is 8.67. The largest absolute Gasteiger partial charge is 0.305 e. The summed E-state index contributed by atoms with van der Waals surface area (Å²) in [7, 11) is 0. The molecule has 0 aliphatic heterocycles. The topological polar surface area (TPSA) is 59.8 Å². The summed E-state index contributed by atoms with van der Waals surface area (Å²) in [5.74, 6) is 0.345. The van der Waals surface area contributed by atoms with E-state index in [-0.39, 0.29) is 5.91 Å². The van der Waals surface area contributed by atoms with Crippen LogP contribution in [0.2, 0.25) is 0 Å². The van der Waals surface area contributed by atoms with Crippen LogP contribution in [0, 0.1) is 0 Å². The third-order valence-electron chi connectivity index (χ3n) is 4.20. The molecule has 0 saturated heterocycles. The van der Waals surface area contributed by atoms with Crippen LogP contribution in [0.4, 0.5) is 5.82 Å². The number of nitrogens with zero attached hydrogens (tertiary/aromatic N) is 3. The zero-order valence-corrected chi connectivity index (χ0v) is 14.6. The Morgan fingerprint density at radius 2 is 1.67 bits per heavy atom. The summed E-state index contributed by atoms with van der Waals surface area (Å²) in [4.78, 5) is 16.6. The summed E-state index contributed by atoms with van der Waals surface area (Å²) < 4.78 is 1.77. The molecule has 132 valence electrons. The molecule has 1 N–H and O–H groups in total. The summed E-state index contributed by atoms with van der Waals surface area (Å²) in [5, 5.41) is 7.23. The van der Waals surface area contributed by atoms with Crippen molar-refractivity contribution in [3.05, 3.63) is 103 Å². The van der Waals surface area contributed by atoms with Crippen molar-refractivity contribution < 1.29 is 4.79 Å². The van der Waals surface area contributed by atoms with E-state index in [1.54, 1.807) is 23.1 Å². The Morgan fingerprint density at radius 1 is 0.889 bits per heavy atom. The number of benzene rings is 2. The van der Waals surface area contributed by atoms with Crippen molar-refractivity contribution in [2.24, 2.45) is 0 Å². The van der Waals surface area contributed by atoms with E-state index in [1.807, 2.05) is 72.9 Å². The second kappa shape index (κ2) is 7.66.